The standard InChI is InChI=1S/C11H18O2/c12-10-6-7-13-11(8-10)9-4-2-1-3-5-9/h6-7,9-12H,1-5,8H2/t10?,11-/m1/s1. The molecule has 1 heterocycles. The SMILES string of the molecule is OC1C=CO[C@@H](C2CCCCC2)C1. The lowest BCUT2D eigenvalue weighted by Gasteiger charge is -2.32. The summed E-state index contributed by atoms with van der Waals surface area (Å²) in [4.78, 5) is 0. The second-order valence-electron chi connectivity index (χ2n) is 4.20. The molecule has 1 unspecified atom stereocenters. The molecule has 74 valence electrons. The lowest BCUT2D eigenvalue weighted by atomic mass is 9.83. The Morgan fingerprint density at radius 1 is 1.15 bits per heavy atom. The van der Waals surface area contributed by atoms with Gasteiger partial charge in [0.1, 0.15) is 6.10 Å². The Morgan fingerprint density at radius 2 is 1.92 bits per heavy atom. The Labute approximate surface area is 79.6 Å². The first-order chi connectivity index (χ1) is 6.36. The van der Waals surface area contributed by atoms with Gasteiger partial charge in [0.05, 0.1) is 12.4 Å². The summed E-state index contributed by atoms with van der Waals surface area (Å²) in [5.74, 6) is 0.688. The third kappa shape index (κ3) is 2.25. The Morgan fingerprint density at radius 3 is 2.62 bits per heavy atom. The Hall–Kier alpha value is -0.500. The first kappa shape index (κ1) is 9.07. The van der Waals surface area contributed by atoms with Gasteiger partial charge in [-0.25, -0.2) is 0 Å². The Balaban J connectivity index is 1.88. The fourth-order valence-electron chi connectivity index (χ4n) is 2.42. The van der Waals surface area contributed by atoms with E-state index in [0.717, 1.165) is 6.42 Å². The lowest BCUT2D eigenvalue weighted by Crippen LogP contribution is -2.30. The molecule has 0 amide bonds. The maximum atomic E-state index is 9.44. The van der Waals surface area contributed by atoms with Crippen molar-refractivity contribution in [3.8, 4) is 0 Å². The average Bonchev–Trinajstić information content (AvgIpc) is 2.19. The smallest absolute Gasteiger partial charge is 0.103 e. The summed E-state index contributed by atoms with van der Waals surface area (Å²) < 4.78 is 5.55. The van der Waals surface area contributed by atoms with Crippen molar-refractivity contribution in [1.82, 2.24) is 0 Å². The summed E-state index contributed by atoms with van der Waals surface area (Å²) in [6, 6.07) is 0. The van der Waals surface area contributed by atoms with Gasteiger partial charge in [-0.3, -0.25) is 0 Å². The van der Waals surface area contributed by atoms with Crippen LogP contribution in [0.1, 0.15) is 38.5 Å². The van der Waals surface area contributed by atoms with Gasteiger partial charge in [0.15, 0.2) is 0 Å². The van der Waals surface area contributed by atoms with E-state index < -0.39 is 0 Å². The molecule has 2 aliphatic rings. The summed E-state index contributed by atoms with van der Waals surface area (Å²) >= 11 is 0. The van der Waals surface area contributed by atoms with Crippen LogP contribution in [0.4, 0.5) is 0 Å². The molecule has 1 fully saturated rings. The molecule has 0 aromatic heterocycles. The van der Waals surface area contributed by atoms with Gasteiger partial charge in [-0.1, -0.05) is 19.3 Å². The van der Waals surface area contributed by atoms with Gasteiger partial charge in [-0.2, -0.15) is 0 Å². The maximum absolute atomic E-state index is 9.44. The molecule has 2 atom stereocenters. The first-order valence-electron chi connectivity index (χ1n) is 5.36. The second-order valence-corrected chi connectivity index (χ2v) is 4.20. The number of ether oxygens (including phenoxy) is 1. The zero-order chi connectivity index (χ0) is 9.10. The van der Waals surface area contributed by atoms with Gasteiger partial charge in [0.25, 0.3) is 0 Å². The van der Waals surface area contributed by atoms with Crippen molar-refractivity contribution in [1.29, 1.82) is 0 Å². The molecule has 2 nitrogen and oxygen atoms in total. The van der Waals surface area contributed by atoms with E-state index >= 15 is 0 Å². The fourth-order valence-corrected chi connectivity index (χ4v) is 2.42. The number of aliphatic hydroxyl groups is 1. The highest BCUT2D eigenvalue weighted by Crippen LogP contribution is 2.31. The van der Waals surface area contributed by atoms with E-state index in [1.165, 1.54) is 32.1 Å². The normalized spacial score (nSPS) is 35.8. The highest BCUT2D eigenvalue weighted by Gasteiger charge is 2.27. The van der Waals surface area contributed by atoms with Crippen LogP contribution in [-0.2, 0) is 4.74 Å². The van der Waals surface area contributed by atoms with Crippen molar-refractivity contribution < 1.29 is 9.84 Å². The van der Waals surface area contributed by atoms with Crippen molar-refractivity contribution in [2.75, 3.05) is 0 Å². The van der Waals surface area contributed by atoms with Crippen molar-refractivity contribution in [2.24, 2.45) is 5.92 Å². The fraction of sp³-hybridized carbons (Fsp3) is 0.818. The zero-order valence-corrected chi connectivity index (χ0v) is 7.98. The minimum Gasteiger partial charge on any atom is -0.498 e. The van der Waals surface area contributed by atoms with E-state index in [2.05, 4.69) is 0 Å². The third-order valence-corrected chi connectivity index (χ3v) is 3.20. The van der Waals surface area contributed by atoms with Crippen molar-refractivity contribution in [2.45, 2.75) is 50.7 Å². The topological polar surface area (TPSA) is 29.5 Å². The summed E-state index contributed by atoms with van der Waals surface area (Å²) in [6.45, 7) is 0. The molecule has 1 N–H and O–H groups in total. The predicted molar refractivity (Wildman–Crippen MR) is 51.2 cm³/mol. The lowest BCUT2D eigenvalue weighted by molar-refractivity contribution is 0.0139. The van der Waals surface area contributed by atoms with E-state index in [0.29, 0.717) is 5.92 Å². The van der Waals surface area contributed by atoms with E-state index in [4.69, 9.17) is 4.74 Å². The molecule has 2 rings (SSSR count). The van der Waals surface area contributed by atoms with Crippen LogP contribution in [0.25, 0.3) is 0 Å². The van der Waals surface area contributed by atoms with E-state index in [9.17, 15) is 5.11 Å². The Bertz CT molecular complexity index is 183. The van der Waals surface area contributed by atoms with Gasteiger partial charge in [-0.15, -0.1) is 0 Å². The van der Waals surface area contributed by atoms with Crippen LogP contribution in [0.15, 0.2) is 12.3 Å². The second kappa shape index (κ2) is 4.14. The van der Waals surface area contributed by atoms with Crippen LogP contribution in [0.2, 0.25) is 0 Å². The van der Waals surface area contributed by atoms with Crippen LogP contribution in [0.5, 0.6) is 0 Å². The quantitative estimate of drug-likeness (QED) is 0.674. The summed E-state index contributed by atoms with van der Waals surface area (Å²) in [7, 11) is 0. The highest BCUT2D eigenvalue weighted by molar-refractivity contribution is 4.92. The molecule has 0 spiro atoms. The Kier molecular flexibility index (Phi) is 2.89. The molecular formula is C11H18O2. The summed E-state index contributed by atoms with van der Waals surface area (Å²) in [5.41, 5.74) is 0. The molecule has 1 aliphatic carbocycles. The highest BCUT2D eigenvalue weighted by atomic mass is 16.5. The van der Waals surface area contributed by atoms with Crippen molar-refractivity contribution >= 4 is 0 Å². The van der Waals surface area contributed by atoms with Crippen LogP contribution >= 0.6 is 0 Å². The molecule has 13 heavy (non-hydrogen) atoms. The average molecular weight is 182 g/mol. The largest absolute Gasteiger partial charge is 0.498 e. The number of hydrogen-bond acceptors (Lipinski definition) is 2. The molecule has 0 aromatic carbocycles. The monoisotopic (exact) mass is 182 g/mol. The molecule has 0 aromatic rings. The molecule has 0 radical (unpaired) electrons. The predicted octanol–water partition coefficient (Wildman–Crippen LogP) is 2.23. The molecule has 1 aliphatic heterocycles. The van der Waals surface area contributed by atoms with Gasteiger partial charge in [0, 0.05) is 6.42 Å². The van der Waals surface area contributed by atoms with Gasteiger partial charge >= 0.3 is 0 Å². The van der Waals surface area contributed by atoms with Gasteiger partial charge < -0.3 is 9.84 Å². The zero-order valence-electron chi connectivity index (χ0n) is 7.98. The van der Waals surface area contributed by atoms with Crippen LogP contribution in [-0.4, -0.2) is 17.3 Å². The molecule has 2 heteroatoms. The first-order valence-corrected chi connectivity index (χ1v) is 5.36. The van der Waals surface area contributed by atoms with Crippen LogP contribution in [0, 0.1) is 5.92 Å². The van der Waals surface area contributed by atoms with E-state index in [1.807, 2.05) is 0 Å². The number of aliphatic hydroxyl groups excluding tert-OH is 1. The molecular weight excluding hydrogens is 164 g/mol. The number of hydrogen-bond donors (Lipinski definition) is 1. The van der Waals surface area contributed by atoms with E-state index in [-0.39, 0.29) is 12.2 Å². The minimum atomic E-state index is -0.277. The van der Waals surface area contributed by atoms with Crippen LogP contribution in [0.3, 0.4) is 0 Å². The summed E-state index contributed by atoms with van der Waals surface area (Å²) in [6.07, 6.45) is 10.8. The van der Waals surface area contributed by atoms with Gasteiger partial charge in [0.2, 0.25) is 0 Å². The third-order valence-electron chi connectivity index (χ3n) is 3.20. The molecule has 0 saturated heterocycles. The van der Waals surface area contributed by atoms with Gasteiger partial charge in [-0.05, 0) is 24.8 Å². The van der Waals surface area contributed by atoms with E-state index in [1.54, 1.807) is 12.3 Å². The summed E-state index contributed by atoms with van der Waals surface area (Å²) in [5, 5.41) is 9.44. The maximum Gasteiger partial charge on any atom is 0.103 e. The minimum absolute atomic E-state index is 0.277. The van der Waals surface area contributed by atoms with Crippen molar-refractivity contribution in [3.05, 3.63) is 12.3 Å². The van der Waals surface area contributed by atoms with Crippen molar-refractivity contribution in [3.63, 3.8) is 0 Å². The van der Waals surface area contributed by atoms with Crippen LogP contribution < -0.4 is 0 Å². The number of rotatable bonds is 1. The molecule has 1 saturated carbocycles. The molecule has 0 bridgehead atoms.